The van der Waals surface area contributed by atoms with Gasteiger partial charge in [0.2, 0.25) is 0 Å². The normalized spacial score (nSPS) is 12.1. The Labute approximate surface area is 126 Å². The van der Waals surface area contributed by atoms with Crippen LogP contribution in [0, 0.1) is 11.1 Å². The summed E-state index contributed by atoms with van der Waals surface area (Å²) in [5, 5.41) is 0. The third-order valence-electron chi connectivity index (χ3n) is 2.88. The van der Waals surface area contributed by atoms with Crippen LogP contribution in [0.5, 0.6) is 0 Å². The molecule has 0 bridgehead atoms. The van der Waals surface area contributed by atoms with Crippen molar-refractivity contribution in [1.82, 2.24) is 0 Å². The molecule has 0 saturated heterocycles. The van der Waals surface area contributed by atoms with Crippen LogP contribution in [-0.4, -0.2) is 43.5 Å². The first kappa shape index (κ1) is 19.8. The third kappa shape index (κ3) is 6.08. The van der Waals surface area contributed by atoms with E-state index < -0.39 is 17.1 Å². The summed E-state index contributed by atoms with van der Waals surface area (Å²) in [6.07, 6.45) is 0. The molecule has 20 heavy (non-hydrogen) atoms. The van der Waals surface area contributed by atoms with Gasteiger partial charge in [-0.15, -0.1) is 0 Å². The number of hydrogen-bond acceptors (Lipinski definition) is 4. The van der Waals surface area contributed by atoms with Crippen molar-refractivity contribution in [2.45, 2.75) is 53.6 Å². The topological polar surface area (TPSA) is 36.9 Å². The van der Waals surface area contributed by atoms with Crippen molar-refractivity contribution >= 4 is 17.1 Å². The molecule has 0 aromatic rings. The lowest BCUT2D eigenvalue weighted by Crippen LogP contribution is -2.44. The average molecular weight is 319 g/mol. The Kier molecular flexibility index (Phi) is 10.5. The Morgan fingerprint density at radius 1 is 0.550 bits per heavy atom. The monoisotopic (exact) mass is 318 g/mol. The molecule has 0 aliphatic rings. The standard InChI is InChI=1S/C14H30O4Si2/c1-7-15-19(11-5,16-8-2)13-14-20(12-6,17-9-3)18-10-4/h7-12H2,1-6H3. The highest BCUT2D eigenvalue weighted by Crippen LogP contribution is 2.16. The summed E-state index contributed by atoms with van der Waals surface area (Å²) in [5.74, 6) is 0. The van der Waals surface area contributed by atoms with Gasteiger partial charge >= 0.3 is 17.1 Å². The smallest absolute Gasteiger partial charge is 0.386 e. The summed E-state index contributed by atoms with van der Waals surface area (Å²) >= 11 is 0. The second kappa shape index (κ2) is 10.5. The summed E-state index contributed by atoms with van der Waals surface area (Å²) < 4.78 is 23.5. The first-order valence-corrected chi connectivity index (χ1v) is 11.7. The van der Waals surface area contributed by atoms with Crippen LogP contribution in [-0.2, 0) is 17.7 Å². The molecule has 0 unspecified atom stereocenters. The molecule has 0 aliphatic heterocycles. The van der Waals surface area contributed by atoms with Crippen molar-refractivity contribution in [2.24, 2.45) is 0 Å². The highest BCUT2D eigenvalue weighted by atomic mass is 28.4. The van der Waals surface area contributed by atoms with Crippen LogP contribution >= 0.6 is 0 Å². The van der Waals surface area contributed by atoms with Crippen LogP contribution in [0.25, 0.3) is 0 Å². The minimum absolute atomic E-state index is 0.624. The lowest BCUT2D eigenvalue weighted by molar-refractivity contribution is 0.195. The molecule has 0 saturated carbocycles. The average Bonchev–Trinajstić information content (AvgIpc) is 2.45. The molecule has 0 aromatic carbocycles. The van der Waals surface area contributed by atoms with Gasteiger partial charge in [-0.2, -0.15) is 0 Å². The van der Waals surface area contributed by atoms with Crippen LogP contribution in [0.15, 0.2) is 0 Å². The maximum atomic E-state index is 5.87. The highest BCUT2D eigenvalue weighted by molar-refractivity contribution is 6.81. The highest BCUT2D eigenvalue weighted by Gasteiger charge is 2.38. The molecular weight excluding hydrogens is 288 g/mol. The number of rotatable bonds is 10. The van der Waals surface area contributed by atoms with E-state index in [1.165, 1.54) is 0 Å². The quantitative estimate of drug-likeness (QED) is 0.458. The fourth-order valence-corrected chi connectivity index (χ4v) is 6.95. The van der Waals surface area contributed by atoms with Gasteiger partial charge in [0, 0.05) is 26.4 Å². The fraction of sp³-hybridized carbons (Fsp3) is 0.857. The van der Waals surface area contributed by atoms with Gasteiger partial charge in [-0.3, -0.25) is 0 Å². The van der Waals surface area contributed by atoms with Crippen molar-refractivity contribution in [1.29, 1.82) is 0 Å². The maximum Gasteiger partial charge on any atom is 0.423 e. The second-order valence-corrected chi connectivity index (χ2v) is 10.3. The molecule has 6 heteroatoms. The molecule has 0 N–H and O–H groups in total. The molecule has 0 spiro atoms. The summed E-state index contributed by atoms with van der Waals surface area (Å²) in [6, 6.07) is 1.63. The van der Waals surface area contributed by atoms with Crippen LogP contribution in [0.2, 0.25) is 12.1 Å². The van der Waals surface area contributed by atoms with E-state index >= 15 is 0 Å². The zero-order valence-electron chi connectivity index (χ0n) is 13.9. The van der Waals surface area contributed by atoms with Crippen molar-refractivity contribution < 1.29 is 17.7 Å². The molecule has 0 radical (unpaired) electrons. The molecule has 0 atom stereocenters. The molecule has 4 nitrogen and oxygen atoms in total. The van der Waals surface area contributed by atoms with Gasteiger partial charge in [-0.1, -0.05) is 24.9 Å². The zero-order valence-corrected chi connectivity index (χ0v) is 15.9. The second-order valence-electron chi connectivity index (χ2n) is 4.19. The van der Waals surface area contributed by atoms with E-state index in [1.807, 2.05) is 27.7 Å². The van der Waals surface area contributed by atoms with Crippen LogP contribution in [0.4, 0.5) is 0 Å². The molecule has 0 amide bonds. The predicted octanol–water partition coefficient (Wildman–Crippen LogP) is 3.14. The summed E-state index contributed by atoms with van der Waals surface area (Å²) in [6.45, 7) is 14.6. The Bertz CT molecular complexity index is 272. The predicted molar refractivity (Wildman–Crippen MR) is 86.8 cm³/mol. The van der Waals surface area contributed by atoms with E-state index in [9.17, 15) is 0 Å². The van der Waals surface area contributed by atoms with E-state index in [1.54, 1.807) is 0 Å². The van der Waals surface area contributed by atoms with E-state index in [0.29, 0.717) is 26.4 Å². The van der Waals surface area contributed by atoms with Gasteiger partial charge in [-0.25, -0.2) is 0 Å². The zero-order chi connectivity index (χ0) is 15.5. The van der Waals surface area contributed by atoms with Crippen molar-refractivity contribution in [3.05, 3.63) is 0 Å². The fourth-order valence-electron chi connectivity index (χ4n) is 1.94. The minimum atomic E-state index is -2.44. The largest absolute Gasteiger partial charge is 0.423 e. The van der Waals surface area contributed by atoms with E-state index in [4.69, 9.17) is 17.7 Å². The Balaban J connectivity index is 5.32. The molecule has 0 heterocycles. The Morgan fingerprint density at radius 2 is 0.800 bits per heavy atom. The first-order valence-electron chi connectivity index (χ1n) is 7.67. The van der Waals surface area contributed by atoms with E-state index in [-0.39, 0.29) is 0 Å². The molecular formula is C14H30O4Si2. The Hall–Kier alpha value is -0.166. The lowest BCUT2D eigenvalue weighted by atomic mass is 10.9. The first-order chi connectivity index (χ1) is 9.57. The molecule has 0 aromatic heterocycles. The van der Waals surface area contributed by atoms with E-state index in [0.717, 1.165) is 12.1 Å². The SMILES string of the molecule is CCO[Si](C#C[Si](CC)(OCC)OCC)(CC)OCC. The van der Waals surface area contributed by atoms with Gasteiger partial charge in [0.15, 0.2) is 0 Å². The third-order valence-corrected chi connectivity index (χ3v) is 9.03. The molecule has 0 rings (SSSR count). The molecule has 118 valence electrons. The van der Waals surface area contributed by atoms with Gasteiger partial charge in [0.25, 0.3) is 0 Å². The van der Waals surface area contributed by atoms with Gasteiger partial charge in [-0.05, 0) is 39.8 Å². The van der Waals surface area contributed by atoms with E-state index in [2.05, 4.69) is 24.9 Å². The van der Waals surface area contributed by atoms with Crippen molar-refractivity contribution in [3.8, 4) is 11.1 Å². The minimum Gasteiger partial charge on any atom is -0.386 e. The molecule has 0 aliphatic carbocycles. The van der Waals surface area contributed by atoms with Crippen molar-refractivity contribution in [2.75, 3.05) is 26.4 Å². The van der Waals surface area contributed by atoms with Crippen LogP contribution in [0.1, 0.15) is 41.5 Å². The Morgan fingerprint density at radius 3 is 0.950 bits per heavy atom. The number of hydrogen-bond donors (Lipinski definition) is 0. The van der Waals surface area contributed by atoms with Crippen molar-refractivity contribution in [3.63, 3.8) is 0 Å². The lowest BCUT2D eigenvalue weighted by Gasteiger charge is -2.26. The summed E-state index contributed by atoms with van der Waals surface area (Å²) in [7, 11) is -4.88. The van der Waals surface area contributed by atoms with Crippen LogP contribution < -0.4 is 0 Å². The van der Waals surface area contributed by atoms with Gasteiger partial charge in [0.1, 0.15) is 0 Å². The van der Waals surface area contributed by atoms with Crippen LogP contribution in [0.3, 0.4) is 0 Å². The molecule has 0 fully saturated rings. The maximum absolute atomic E-state index is 5.87. The van der Waals surface area contributed by atoms with Gasteiger partial charge < -0.3 is 17.7 Å². The summed E-state index contributed by atoms with van der Waals surface area (Å²) in [5.41, 5.74) is 6.60. The van der Waals surface area contributed by atoms with Gasteiger partial charge in [0.05, 0.1) is 0 Å². The summed E-state index contributed by atoms with van der Waals surface area (Å²) in [4.78, 5) is 0.